The third-order valence-corrected chi connectivity index (χ3v) is 3.44. The number of nitrogens with one attached hydrogen (secondary N) is 1. The number of hydrogen-bond donors (Lipinski definition) is 1. The number of rotatable bonds is 6. The summed E-state index contributed by atoms with van der Waals surface area (Å²) in [5, 5.41) is 3.27. The molecule has 20 heavy (non-hydrogen) atoms. The van der Waals surface area contributed by atoms with E-state index in [0.29, 0.717) is 5.75 Å². The molecule has 1 saturated heterocycles. The maximum atomic E-state index is 12.8. The summed E-state index contributed by atoms with van der Waals surface area (Å²) in [4.78, 5) is 14.2. The molecule has 0 aliphatic carbocycles. The minimum atomic E-state index is -0.312. The van der Waals surface area contributed by atoms with Crippen LogP contribution < -0.4 is 10.1 Å². The highest BCUT2D eigenvalue weighted by Gasteiger charge is 2.25. The first-order valence-electron chi connectivity index (χ1n) is 7.09. The first-order chi connectivity index (χ1) is 9.70. The van der Waals surface area contributed by atoms with E-state index in [-0.39, 0.29) is 24.4 Å². The van der Waals surface area contributed by atoms with Crippen molar-refractivity contribution in [1.29, 1.82) is 0 Å². The second-order valence-corrected chi connectivity index (χ2v) is 4.98. The molecule has 1 aliphatic heterocycles. The van der Waals surface area contributed by atoms with Crippen LogP contribution in [0.4, 0.5) is 4.39 Å². The van der Waals surface area contributed by atoms with Gasteiger partial charge in [0.15, 0.2) is 6.61 Å². The van der Waals surface area contributed by atoms with Gasteiger partial charge in [0.1, 0.15) is 11.6 Å². The predicted octanol–water partition coefficient (Wildman–Crippen LogP) is 1.80. The zero-order valence-corrected chi connectivity index (χ0v) is 11.8. The van der Waals surface area contributed by atoms with Crippen molar-refractivity contribution in [2.45, 2.75) is 25.8 Å². The third-order valence-electron chi connectivity index (χ3n) is 3.44. The first kappa shape index (κ1) is 14.8. The third kappa shape index (κ3) is 3.93. The van der Waals surface area contributed by atoms with Crippen LogP contribution in [-0.2, 0) is 4.79 Å². The lowest BCUT2D eigenvalue weighted by molar-refractivity contribution is -0.135. The van der Waals surface area contributed by atoms with Gasteiger partial charge >= 0.3 is 0 Å². The van der Waals surface area contributed by atoms with E-state index < -0.39 is 0 Å². The van der Waals surface area contributed by atoms with Crippen LogP contribution in [0.3, 0.4) is 0 Å². The molecule has 1 aromatic rings. The van der Waals surface area contributed by atoms with E-state index in [1.54, 1.807) is 0 Å². The topological polar surface area (TPSA) is 41.6 Å². The van der Waals surface area contributed by atoms with E-state index in [2.05, 4.69) is 12.2 Å². The summed E-state index contributed by atoms with van der Waals surface area (Å²) < 4.78 is 18.2. The number of halogens is 1. The largest absolute Gasteiger partial charge is 0.484 e. The van der Waals surface area contributed by atoms with Crippen LogP contribution in [-0.4, -0.2) is 43.1 Å². The van der Waals surface area contributed by atoms with Gasteiger partial charge in [0.2, 0.25) is 0 Å². The molecule has 0 saturated carbocycles. The molecule has 1 unspecified atom stereocenters. The van der Waals surface area contributed by atoms with Gasteiger partial charge in [-0.05, 0) is 43.7 Å². The fraction of sp³-hybridized carbons (Fsp3) is 0.533. The molecule has 1 fully saturated rings. The molecule has 1 heterocycles. The highest BCUT2D eigenvalue weighted by atomic mass is 19.1. The SMILES string of the molecule is CCCN(C(=O)COc1ccc(F)cc1)C1CCNC1. The van der Waals surface area contributed by atoms with Gasteiger partial charge in [-0.1, -0.05) is 6.92 Å². The summed E-state index contributed by atoms with van der Waals surface area (Å²) in [5.74, 6) is 0.193. The molecule has 2 rings (SSSR count). The first-order valence-corrected chi connectivity index (χ1v) is 7.09. The van der Waals surface area contributed by atoms with E-state index in [4.69, 9.17) is 4.74 Å². The number of carbonyl (C=O) groups is 1. The monoisotopic (exact) mass is 280 g/mol. The molecule has 0 aromatic heterocycles. The lowest BCUT2D eigenvalue weighted by Crippen LogP contribution is -2.44. The van der Waals surface area contributed by atoms with Crippen molar-refractivity contribution in [1.82, 2.24) is 10.2 Å². The van der Waals surface area contributed by atoms with Crippen molar-refractivity contribution in [3.8, 4) is 5.75 Å². The zero-order valence-electron chi connectivity index (χ0n) is 11.8. The van der Waals surface area contributed by atoms with Crippen molar-refractivity contribution >= 4 is 5.91 Å². The van der Waals surface area contributed by atoms with Crippen molar-refractivity contribution in [3.63, 3.8) is 0 Å². The van der Waals surface area contributed by atoms with Crippen LogP contribution in [0.25, 0.3) is 0 Å². The lowest BCUT2D eigenvalue weighted by Gasteiger charge is -2.28. The van der Waals surface area contributed by atoms with Crippen LogP contribution >= 0.6 is 0 Å². The number of benzene rings is 1. The maximum Gasteiger partial charge on any atom is 0.260 e. The Morgan fingerprint density at radius 1 is 1.45 bits per heavy atom. The van der Waals surface area contributed by atoms with Gasteiger partial charge in [-0.3, -0.25) is 4.79 Å². The molecule has 4 nitrogen and oxygen atoms in total. The predicted molar refractivity (Wildman–Crippen MR) is 75.2 cm³/mol. The van der Waals surface area contributed by atoms with Gasteiger partial charge in [0, 0.05) is 19.1 Å². The Labute approximate surface area is 118 Å². The normalized spacial score (nSPS) is 18.0. The molecule has 1 atom stereocenters. The van der Waals surface area contributed by atoms with E-state index in [9.17, 15) is 9.18 Å². The van der Waals surface area contributed by atoms with Crippen LogP contribution in [0.1, 0.15) is 19.8 Å². The zero-order chi connectivity index (χ0) is 14.4. The Balaban J connectivity index is 1.89. The molecule has 0 bridgehead atoms. The van der Waals surface area contributed by atoms with Crippen LogP contribution in [0.15, 0.2) is 24.3 Å². The summed E-state index contributed by atoms with van der Waals surface area (Å²) in [5.41, 5.74) is 0. The Morgan fingerprint density at radius 3 is 2.80 bits per heavy atom. The Hall–Kier alpha value is -1.62. The summed E-state index contributed by atoms with van der Waals surface area (Å²) in [6.07, 6.45) is 1.92. The van der Waals surface area contributed by atoms with Gasteiger partial charge in [-0.25, -0.2) is 4.39 Å². The maximum absolute atomic E-state index is 12.8. The average molecular weight is 280 g/mol. The molecule has 110 valence electrons. The molecule has 0 radical (unpaired) electrons. The van der Waals surface area contributed by atoms with Gasteiger partial charge < -0.3 is 15.0 Å². The van der Waals surface area contributed by atoms with Crippen molar-refractivity contribution in [3.05, 3.63) is 30.1 Å². The van der Waals surface area contributed by atoms with Gasteiger partial charge in [-0.2, -0.15) is 0 Å². The highest BCUT2D eigenvalue weighted by molar-refractivity contribution is 5.78. The van der Waals surface area contributed by atoms with Crippen molar-refractivity contribution < 1.29 is 13.9 Å². The van der Waals surface area contributed by atoms with E-state index in [1.807, 2.05) is 4.90 Å². The average Bonchev–Trinajstić information content (AvgIpc) is 2.97. The number of nitrogens with zero attached hydrogens (tertiary/aromatic N) is 1. The van der Waals surface area contributed by atoms with E-state index in [1.165, 1.54) is 24.3 Å². The van der Waals surface area contributed by atoms with Crippen LogP contribution in [0.2, 0.25) is 0 Å². The second kappa shape index (κ2) is 7.24. The lowest BCUT2D eigenvalue weighted by atomic mass is 10.2. The summed E-state index contributed by atoms with van der Waals surface area (Å²) in [7, 11) is 0. The minimum Gasteiger partial charge on any atom is -0.484 e. The molecule has 5 heteroatoms. The summed E-state index contributed by atoms with van der Waals surface area (Å²) in [6.45, 7) is 4.61. The quantitative estimate of drug-likeness (QED) is 0.864. The van der Waals surface area contributed by atoms with Crippen LogP contribution in [0, 0.1) is 5.82 Å². The highest BCUT2D eigenvalue weighted by Crippen LogP contribution is 2.13. The summed E-state index contributed by atoms with van der Waals surface area (Å²) >= 11 is 0. The Kier molecular flexibility index (Phi) is 5.35. The molecular weight excluding hydrogens is 259 g/mol. The molecular formula is C15H21FN2O2. The molecule has 0 spiro atoms. The molecule has 1 N–H and O–H groups in total. The second-order valence-electron chi connectivity index (χ2n) is 4.98. The standard InChI is InChI=1S/C15H21FN2O2/c1-2-9-18(13-7-8-17-10-13)15(19)11-20-14-5-3-12(16)4-6-14/h3-6,13,17H,2,7-11H2,1H3. The van der Waals surface area contributed by atoms with Crippen molar-refractivity contribution in [2.75, 3.05) is 26.2 Å². The Morgan fingerprint density at radius 2 is 2.20 bits per heavy atom. The number of amides is 1. The van der Waals surface area contributed by atoms with E-state index in [0.717, 1.165) is 32.5 Å². The fourth-order valence-electron chi connectivity index (χ4n) is 2.42. The minimum absolute atomic E-state index is 0.00212. The Bertz CT molecular complexity index is 430. The van der Waals surface area contributed by atoms with E-state index >= 15 is 0 Å². The van der Waals surface area contributed by atoms with Crippen LogP contribution in [0.5, 0.6) is 5.75 Å². The fourth-order valence-corrected chi connectivity index (χ4v) is 2.42. The van der Waals surface area contributed by atoms with Gasteiger partial charge in [-0.15, -0.1) is 0 Å². The number of ether oxygens (including phenoxy) is 1. The molecule has 1 aliphatic rings. The molecule has 1 amide bonds. The number of carbonyl (C=O) groups excluding carboxylic acids is 1. The van der Waals surface area contributed by atoms with Crippen molar-refractivity contribution in [2.24, 2.45) is 0 Å². The summed E-state index contributed by atoms with van der Waals surface area (Å²) in [6, 6.07) is 5.97. The van der Waals surface area contributed by atoms with Gasteiger partial charge in [0.05, 0.1) is 0 Å². The smallest absolute Gasteiger partial charge is 0.260 e. The van der Waals surface area contributed by atoms with Gasteiger partial charge in [0.25, 0.3) is 5.91 Å². The molecule has 1 aromatic carbocycles. The number of hydrogen-bond acceptors (Lipinski definition) is 3.